The molecule has 138 valence electrons. The normalized spacial score (nSPS) is 13.8. The zero-order valence-electron chi connectivity index (χ0n) is 15.7. The van der Waals surface area contributed by atoms with Gasteiger partial charge in [0.15, 0.2) is 0 Å². The van der Waals surface area contributed by atoms with Crippen LogP contribution in [0.2, 0.25) is 0 Å². The molecule has 3 aromatic rings. The molecule has 0 N–H and O–H groups in total. The quantitative estimate of drug-likeness (QED) is 0.629. The molecule has 3 nitrogen and oxygen atoms in total. The Morgan fingerprint density at radius 2 is 1.67 bits per heavy atom. The molecule has 1 aliphatic heterocycles. The molecule has 0 bridgehead atoms. The summed E-state index contributed by atoms with van der Waals surface area (Å²) in [5, 5.41) is 0. The van der Waals surface area contributed by atoms with Crippen LogP contribution in [0.25, 0.3) is 0 Å². The number of ether oxygens (including phenoxy) is 2. The van der Waals surface area contributed by atoms with Gasteiger partial charge in [0.25, 0.3) is 0 Å². The van der Waals surface area contributed by atoms with E-state index in [9.17, 15) is 0 Å². The van der Waals surface area contributed by atoms with Crippen molar-refractivity contribution in [1.29, 1.82) is 0 Å². The highest BCUT2D eigenvalue weighted by Crippen LogP contribution is 2.26. The molecular weight excluding hydrogens is 334 g/mol. The van der Waals surface area contributed by atoms with Crippen LogP contribution in [0.3, 0.4) is 0 Å². The fourth-order valence-electron chi connectivity index (χ4n) is 3.58. The molecule has 0 unspecified atom stereocenters. The average molecular weight is 359 g/mol. The van der Waals surface area contributed by atoms with Crippen molar-refractivity contribution >= 4 is 0 Å². The Kier molecular flexibility index (Phi) is 5.40. The minimum Gasteiger partial charge on any atom is -0.497 e. The SMILES string of the molecule is COc1cccc(CN2CCc3cc(OCc4ccccc4)ccc3C2)c1. The highest BCUT2D eigenvalue weighted by molar-refractivity contribution is 5.37. The van der Waals surface area contributed by atoms with Crippen molar-refractivity contribution in [2.45, 2.75) is 26.1 Å². The van der Waals surface area contributed by atoms with Crippen LogP contribution in [-0.4, -0.2) is 18.6 Å². The smallest absolute Gasteiger partial charge is 0.120 e. The van der Waals surface area contributed by atoms with Crippen LogP contribution in [-0.2, 0) is 26.1 Å². The third kappa shape index (κ3) is 4.50. The van der Waals surface area contributed by atoms with Crippen LogP contribution in [0.5, 0.6) is 11.5 Å². The molecule has 3 heteroatoms. The molecule has 0 saturated carbocycles. The van der Waals surface area contributed by atoms with Crippen molar-refractivity contribution in [3.8, 4) is 11.5 Å². The van der Waals surface area contributed by atoms with E-state index in [-0.39, 0.29) is 0 Å². The molecule has 4 rings (SSSR count). The summed E-state index contributed by atoms with van der Waals surface area (Å²) >= 11 is 0. The molecule has 3 aromatic carbocycles. The summed E-state index contributed by atoms with van der Waals surface area (Å²) in [4.78, 5) is 2.49. The number of hydrogen-bond donors (Lipinski definition) is 0. The number of rotatable bonds is 6. The third-order valence-electron chi connectivity index (χ3n) is 5.06. The van der Waals surface area contributed by atoms with Gasteiger partial charge in [0.05, 0.1) is 7.11 Å². The number of nitrogens with zero attached hydrogens (tertiary/aromatic N) is 1. The molecule has 0 aliphatic carbocycles. The van der Waals surface area contributed by atoms with E-state index < -0.39 is 0 Å². The Labute approximate surface area is 161 Å². The summed E-state index contributed by atoms with van der Waals surface area (Å²) in [6.07, 6.45) is 1.06. The van der Waals surface area contributed by atoms with Gasteiger partial charge in [0.1, 0.15) is 18.1 Å². The summed E-state index contributed by atoms with van der Waals surface area (Å²) in [5.41, 5.74) is 5.29. The van der Waals surface area contributed by atoms with Crippen LogP contribution < -0.4 is 9.47 Å². The summed E-state index contributed by atoms with van der Waals surface area (Å²) in [6, 6.07) is 25.2. The topological polar surface area (TPSA) is 21.7 Å². The second kappa shape index (κ2) is 8.28. The first kappa shape index (κ1) is 17.6. The van der Waals surface area contributed by atoms with E-state index in [1.807, 2.05) is 24.3 Å². The molecule has 0 saturated heterocycles. The highest BCUT2D eigenvalue weighted by atomic mass is 16.5. The van der Waals surface area contributed by atoms with Gasteiger partial charge < -0.3 is 9.47 Å². The molecule has 27 heavy (non-hydrogen) atoms. The van der Waals surface area contributed by atoms with Crippen molar-refractivity contribution in [3.05, 3.63) is 95.1 Å². The Balaban J connectivity index is 1.38. The van der Waals surface area contributed by atoms with Crippen LogP contribution in [0.4, 0.5) is 0 Å². The van der Waals surface area contributed by atoms with Crippen molar-refractivity contribution in [1.82, 2.24) is 4.90 Å². The monoisotopic (exact) mass is 359 g/mol. The van der Waals surface area contributed by atoms with E-state index >= 15 is 0 Å². The number of benzene rings is 3. The molecule has 1 aliphatic rings. The van der Waals surface area contributed by atoms with Gasteiger partial charge in [-0.3, -0.25) is 4.90 Å². The molecule has 0 atom stereocenters. The number of methoxy groups -OCH3 is 1. The lowest BCUT2D eigenvalue weighted by Crippen LogP contribution is -2.30. The van der Waals surface area contributed by atoms with E-state index in [0.29, 0.717) is 6.61 Å². The lowest BCUT2D eigenvalue weighted by Gasteiger charge is -2.29. The summed E-state index contributed by atoms with van der Waals surface area (Å²) < 4.78 is 11.3. The Bertz CT molecular complexity index is 892. The number of fused-ring (bicyclic) bond motifs is 1. The van der Waals surface area contributed by atoms with Crippen molar-refractivity contribution in [2.75, 3.05) is 13.7 Å². The van der Waals surface area contributed by atoms with Gasteiger partial charge in [-0.05, 0) is 52.9 Å². The zero-order chi connectivity index (χ0) is 18.5. The van der Waals surface area contributed by atoms with Gasteiger partial charge in [0.2, 0.25) is 0 Å². The van der Waals surface area contributed by atoms with Crippen LogP contribution in [0, 0.1) is 0 Å². The van der Waals surface area contributed by atoms with Crippen LogP contribution >= 0.6 is 0 Å². The molecule has 0 spiro atoms. The summed E-state index contributed by atoms with van der Waals surface area (Å²) in [6.45, 7) is 3.60. The lowest BCUT2D eigenvalue weighted by molar-refractivity contribution is 0.244. The van der Waals surface area contributed by atoms with Crippen LogP contribution in [0.1, 0.15) is 22.3 Å². The average Bonchev–Trinajstić information content (AvgIpc) is 2.73. The van der Waals surface area contributed by atoms with Gasteiger partial charge in [-0.15, -0.1) is 0 Å². The van der Waals surface area contributed by atoms with Gasteiger partial charge in [-0.25, -0.2) is 0 Å². The Morgan fingerprint density at radius 3 is 2.52 bits per heavy atom. The minimum atomic E-state index is 0.613. The zero-order valence-corrected chi connectivity index (χ0v) is 15.7. The fourth-order valence-corrected chi connectivity index (χ4v) is 3.58. The second-order valence-electron chi connectivity index (χ2n) is 7.02. The summed E-state index contributed by atoms with van der Waals surface area (Å²) in [7, 11) is 1.72. The predicted octanol–water partition coefficient (Wildman–Crippen LogP) is 4.83. The van der Waals surface area contributed by atoms with E-state index in [1.165, 1.54) is 22.3 Å². The molecule has 0 radical (unpaired) electrons. The predicted molar refractivity (Wildman–Crippen MR) is 108 cm³/mol. The second-order valence-corrected chi connectivity index (χ2v) is 7.02. The van der Waals surface area contributed by atoms with E-state index in [4.69, 9.17) is 9.47 Å². The lowest BCUT2D eigenvalue weighted by atomic mass is 9.99. The van der Waals surface area contributed by atoms with E-state index in [1.54, 1.807) is 7.11 Å². The first-order valence-corrected chi connectivity index (χ1v) is 9.44. The highest BCUT2D eigenvalue weighted by Gasteiger charge is 2.17. The standard InChI is InChI=1S/C24H25NO2/c1-26-23-9-5-8-20(14-23)16-25-13-12-21-15-24(11-10-22(21)17-25)27-18-19-6-3-2-4-7-19/h2-11,14-15H,12-13,16-18H2,1H3. The minimum absolute atomic E-state index is 0.613. The first-order chi connectivity index (χ1) is 13.3. The van der Waals surface area contributed by atoms with Gasteiger partial charge in [-0.2, -0.15) is 0 Å². The Hall–Kier alpha value is -2.78. The maximum Gasteiger partial charge on any atom is 0.120 e. The molecular formula is C24H25NO2. The third-order valence-corrected chi connectivity index (χ3v) is 5.06. The van der Waals surface area contributed by atoms with Gasteiger partial charge >= 0.3 is 0 Å². The van der Waals surface area contributed by atoms with Crippen molar-refractivity contribution in [3.63, 3.8) is 0 Å². The maximum atomic E-state index is 5.98. The van der Waals surface area contributed by atoms with Crippen molar-refractivity contribution in [2.24, 2.45) is 0 Å². The molecule has 0 fully saturated rings. The fraction of sp³-hybridized carbons (Fsp3) is 0.250. The van der Waals surface area contributed by atoms with Crippen LogP contribution in [0.15, 0.2) is 72.8 Å². The van der Waals surface area contributed by atoms with E-state index in [2.05, 4.69) is 53.4 Å². The van der Waals surface area contributed by atoms with Crippen molar-refractivity contribution < 1.29 is 9.47 Å². The summed E-state index contributed by atoms with van der Waals surface area (Å²) in [5.74, 6) is 1.88. The van der Waals surface area contributed by atoms with Gasteiger partial charge in [-0.1, -0.05) is 48.5 Å². The van der Waals surface area contributed by atoms with E-state index in [0.717, 1.165) is 37.6 Å². The molecule has 0 aromatic heterocycles. The largest absolute Gasteiger partial charge is 0.497 e. The first-order valence-electron chi connectivity index (χ1n) is 9.44. The maximum absolute atomic E-state index is 5.98. The Morgan fingerprint density at radius 1 is 0.815 bits per heavy atom. The molecule has 1 heterocycles. The molecule has 0 amide bonds. The number of hydrogen-bond acceptors (Lipinski definition) is 3. The van der Waals surface area contributed by atoms with Gasteiger partial charge in [0, 0.05) is 19.6 Å².